The monoisotopic (exact) mass is 409 g/mol. The van der Waals surface area contributed by atoms with Gasteiger partial charge in [0, 0.05) is 24.7 Å². The molecule has 1 heterocycles. The fraction of sp³-hybridized carbons (Fsp3) is 0.316. The summed E-state index contributed by atoms with van der Waals surface area (Å²) < 4.78 is 27.8. The molecule has 1 aliphatic heterocycles. The SMILES string of the molecule is CCC(=O)Nc1ccc(S(=O)(=O)NCC2NCCc3ccccc32)cc1.Cl. The summed E-state index contributed by atoms with van der Waals surface area (Å²) >= 11 is 0. The number of amides is 1. The van der Waals surface area contributed by atoms with E-state index in [0.29, 0.717) is 12.1 Å². The van der Waals surface area contributed by atoms with E-state index in [2.05, 4.69) is 21.4 Å². The molecule has 3 rings (SSSR count). The van der Waals surface area contributed by atoms with Crippen LogP contribution in [0.4, 0.5) is 5.69 Å². The molecule has 0 aromatic heterocycles. The van der Waals surface area contributed by atoms with E-state index in [1.54, 1.807) is 19.1 Å². The third-order valence-electron chi connectivity index (χ3n) is 4.46. The summed E-state index contributed by atoms with van der Waals surface area (Å²) in [6.07, 6.45) is 1.32. The highest BCUT2D eigenvalue weighted by Crippen LogP contribution is 2.22. The Bertz CT molecular complexity index is 885. The molecule has 1 aliphatic rings. The summed E-state index contributed by atoms with van der Waals surface area (Å²) in [5.74, 6) is -0.110. The van der Waals surface area contributed by atoms with Crippen molar-refractivity contribution >= 4 is 34.0 Å². The Balaban J connectivity index is 0.00000261. The molecule has 2 aromatic rings. The van der Waals surface area contributed by atoms with Gasteiger partial charge < -0.3 is 10.6 Å². The van der Waals surface area contributed by atoms with E-state index >= 15 is 0 Å². The molecule has 2 aromatic carbocycles. The number of carbonyl (C=O) groups is 1. The van der Waals surface area contributed by atoms with Gasteiger partial charge in [-0.1, -0.05) is 31.2 Å². The lowest BCUT2D eigenvalue weighted by molar-refractivity contribution is -0.115. The molecule has 6 nitrogen and oxygen atoms in total. The number of sulfonamides is 1. The summed E-state index contributed by atoms with van der Waals surface area (Å²) in [5.41, 5.74) is 2.98. The number of hydrogen-bond donors (Lipinski definition) is 3. The van der Waals surface area contributed by atoms with Crippen molar-refractivity contribution in [3.8, 4) is 0 Å². The largest absolute Gasteiger partial charge is 0.326 e. The molecule has 0 aliphatic carbocycles. The minimum absolute atomic E-state index is 0. The van der Waals surface area contributed by atoms with Crippen molar-refractivity contribution < 1.29 is 13.2 Å². The van der Waals surface area contributed by atoms with Gasteiger partial charge in [0.1, 0.15) is 0 Å². The van der Waals surface area contributed by atoms with Crippen LogP contribution in [0.15, 0.2) is 53.4 Å². The van der Waals surface area contributed by atoms with Crippen LogP contribution in [0.1, 0.15) is 30.5 Å². The standard InChI is InChI=1S/C19H23N3O3S.ClH/c1-2-19(23)22-15-7-9-16(10-8-15)26(24,25)21-13-18-17-6-4-3-5-14(17)11-12-20-18;/h3-10,18,20-21H,2,11-13H2,1H3,(H,22,23);1H. The molecule has 1 unspecified atom stereocenters. The highest BCUT2D eigenvalue weighted by molar-refractivity contribution is 7.89. The van der Waals surface area contributed by atoms with Gasteiger partial charge in [-0.15, -0.1) is 12.4 Å². The number of fused-ring (bicyclic) bond motifs is 1. The topological polar surface area (TPSA) is 87.3 Å². The second kappa shape index (κ2) is 9.32. The van der Waals surface area contributed by atoms with Crippen LogP contribution in [-0.2, 0) is 21.2 Å². The fourth-order valence-corrected chi connectivity index (χ4v) is 4.07. The van der Waals surface area contributed by atoms with Gasteiger partial charge in [0.05, 0.1) is 4.90 Å². The first kappa shape index (κ1) is 21.4. The second-order valence-corrected chi connectivity index (χ2v) is 8.00. The average Bonchev–Trinajstić information content (AvgIpc) is 2.66. The fourth-order valence-electron chi connectivity index (χ4n) is 3.02. The molecular weight excluding hydrogens is 386 g/mol. The number of nitrogens with one attached hydrogen (secondary N) is 3. The lowest BCUT2D eigenvalue weighted by Gasteiger charge is -2.27. The van der Waals surface area contributed by atoms with E-state index in [9.17, 15) is 13.2 Å². The number of benzene rings is 2. The number of halogens is 1. The normalized spacial score (nSPS) is 16.1. The van der Waals surface area contributed by atoms with Crippen LogP contribution in [-0.4, -0.2) is 27.4 Å². The van der Waals surface area contributed by atoms with E-state index < -0.39 is 10.0 Å². The molecule has 3 N–H and O–H groups in total. The van der Waals surface area contributed by atoms with Crippen LogP contribution in [0.2, 0.25) is 0 Å². The summed E-state index contributed by atoms with van der Waals surface area (Å²) in [6.45, 7) is 2.87. The summed E-state index contributed by atoms with van der Waals surface area (Å²) in [4.78, 5) is 11.6. The molecule has 1 atom stereocenters. The number of anilines is 1. The Kier molecular flexibility index (Phi) is 7.38. The van der Waals surface area contributed by atoms with Crippen molar-refractivity contribution in [2.24, 2.45) is 0 Å². The smallest absolute Gasteiger partial charge is 0.240 e. The molecular formula is C19H24ClN3O3S. The van der Waals surface area contributed by atoms with Crippen LogP contribution in [0.5, 0.6) is 0 Å². The van der Waals surface area contributed by atoms with Gasteiger partial charge in [-0.25, -0.2) is 13.1 Å². The van der Waals surface area contributed by atoms with Crippen molar-refractivity contribution in [3.63, 3.8) is 0 Å². The van der Waals surface area contributed by atoms with Crippen LogP contribution < -0.4 is 15.4 Å². The molecule has 0 fully saturated rings. The van der Waals surface area contributed by atoms with Crippen LogP contribution in [0.3, 0.4) is 0 Å². The van der Waals surface area contributed by atoms with Crippen LogP contribution >= 0.6 is 12.4 Å². The highest BCUT2D eigenvalue weighted by atomic mass is 35.5. The number of rotatable bonds is 6. The molecule has 0 spiro atoms. The van der Waals surface area contributed by atoms with Gasteiger partial charge in [0.2, 0.25) is 15.9 Å². The van der Waals surface area contributed by atoms with Crippen molar-refractivity contribution in [2.75, 3.05) is 18.4 Å². The minimum Gasteiger partial charge on any atom is -0.326 e. The molecule has 0 bridgehead atoms. The second-order valence-electron chi connectivity index (χ2n) is 6.23. The van der Waals surface area contributed by atoms with Crippen LogP contribution in [0.25, 0.3) is 0 Å². The molecule has 146 valence electrons. The molecule has 0 radical (unpaired) electrons. The Labute approximate surface area is 166 Å². The van der Waals surface area contributed by atoms with Gasteiger partial charge in [-0.05, 0) is 48.4 Å². The van der Waals surface area contributed by atoms with Crippen LogP contribution in [0, 0.1) is 0 Å². The van der Waals surface area contributed by atoms with Crippen molar-refractivity contribution in [3.05, 3.63) is 59.7 Å². The summed E-state index contributed by atoms with van der Waals surface area (Å²) in [6, 6.07) is 14.2. The predicted octanol–water partition coefficient (Wildman–Crippen LogP) is 2.62. The zero-order valence-electron chi connectivity index (χ0n) is 15.1. The first-order valence-electron chi connectivity index (χ1n) is 8.70. The number of carbonyl (C=O) groups excluding carboxylic acids is 1. The lowest BCUT2D eigenvalue weighted by Crippen LogP contribution is -2.38. The number of hydrogen-bond acceptors (Lipinski definition) is 4. The van der Waals surface area contributed by atoms with Crippen molar-refractivity contribution in [1.82, 2.24) is 10.0 Å². The van der Waals surface area contributed by atoms with Gasteiger partial charge in [0.15, 0.2) is 0 Å². The first-order valence-corrected chi connectivity index (χ1v) is 10.2. The molecule has 8 heteroatoms. The summed E-state index contributed by atoms with van der Waals surface area (Å²) in [5, 5.41) is 6.06. The molecule has 1 amide bonds. The van der Waals surface area contributed by atoms with E-state index in [1.807, 2.05) is 18.2 Å². The van der Waals surface area contributed by atoms with Gasteiger partial charge in [0.25, 0.3) is 0 Å². The maximum Gasteiger partial charge on any atom is 0.240 e. The predicted molar refractivity (Wildman–Crippen MR) is 109 cm³/mol. The minimum atomic E-state index is -3.62. The van der Waals surface area contributed by atoms with Gasteiger partial charge in [-0.3, -0.25) is 4.79 Å². The molecule has 0 saturated carbocycles. The quantitative estimate of drug-likeness (QED) is 0.684. The average molecular weight is 410 g/mol. The lowest BCUT2D eigenvalue weighted by atomic mass is 9.95. The van der Waals surface area contributed by atoms with Crippen molar-refractivity contribution in [1.29, 1.82) is 0 Å². The van der Waals surface area contributed by atoms with Crippen molar-refractivity contribution in [2.45, 2.75) is 30.7 Å². The Hall–Kier alpha value is -1.93. The van der Waals surface area contributed by atoms with Gasteiger partial charge >= 0.3 is 0 Å². The zero-order valence-corrected chi connectivity index (χ0v) is 16.7. The first-order chi connectivity index (χ1) is 12.5. The molecule has 0 saturated heterocycles. The zero-order chi connectivity index (χ0) is 18.6. The Morgan fingerprint density at radius 3 is 2.56 bits per heavy atom. The maximum atomic E-state index is 12.6. The van der Waals surface area contributed by atoms with E-state index in [4.69, 9.17) is 0 Å². The van der Waals surface area contributed by atoms with Gasteiger partial charge in [-0.2, -0.15) is 0 Å². The Morgan fingerprint density at radius 2 is 1.85 bits per heavy atom. The Morgan fingerprint density at radius 1 is 1.15 bits per heavy atom. The van der Waals surface area contributed by atoms with E-state index in [1.165, 1.54) is 17.7 Å². The third kappa shape index (κ3) is 5.29. The van der Waals surface area contributed by atoms with E-state index in [-0.39, 0.29) is 35.8 Å². The molecule has 27 heavy (non-hydrogen) atoms. The third-order valence-corrected chi connectivity index (χ3v) is 5.90. The summed E-state index contributed by atoms with van der Waals surface area (Å²) in [7, 11) is -3.62. The maximum absolute atomic E-state index is 12.6. The highest BCUT2D eigenvalue weighted by Gasteiger charge is 2.22. The van der Waals surface area contributed by atoms with E-state index in [0.717, 1.165) is 18.5 Å².